The fourth-order valence-corrected chi connectivity index (χ4v) is 4.16. The van der Waals surface area contributed by atoms with E-state index in [9.17, 15) is 9.18 Å². The number of anilines is 1. The maximum atomic E-state index is 13.4. The van der Waals surface area contributed by atoms with Crippen LogP contribution in [-0.4, -0.2) is 19.6 Å². The molecule has 0 saturated heterocycles. The predicted molar refractivity (Wildman–Crippen MR) is 138 cm³/mol. The molecule has 1 heterocycles. The van der Waals surface area contributed by atoms with Gasteiger partial charge in [-0.25, -0.2) is 4.39 Å². The number of hydrogen-bond donors (Lipinski definition) is 1. The van der Waals surface area contributed by atoms with Crippen molar-refractivity contribution in [2.75, 3.05) is 19.0 Å². The molecule has 0 unspecified atom stereocenters. The van der Waals surface area contributed by atoms with Gasteiger partial charge in [-0.05, 0) is 68.3 Å². The molecule has 0 fully saturated rings. The Labute approximate surface area is 208 Å². The Hall–Kier alpha value is -3.77. The number of carbonyl (C=O) groups excluding carboxylic acids is 1. The maximum absolute atomic E-state index is 13.4. The minimum absolute atomic E-state index is 0.0618. The van der Waals surface area contributed by atoms with Crippen LogP contribution in [0.3, 0.4) is 0 Å². The van der Waals surface area contributed by atoms with Crippen molar-refractivity contribution >= 4 is 39.7 Å². The van der Waals surface area contributed by atoms with E-state index in [1.54, 1.807) is 13.4 Å². The molecule has 35 heavy (non-hydrogen) atoms. The van der Waals surface area contributed by atoms with Crippen LogP contribution >= 0.6 is 11.6 Å². The van der Waals surface area contributed by atoms with Gasteiger partial charge in [-0.1, -0.05) is 23.7 Å². The molecule has 4 rings (SSSR count). The topological polar surface area (TPSA) is 60.7 Å². The number of methoxy groups -OCH3 is 1. The summed E-state index contributed by atoms with van der Waals surface area (Å²) in [6.45, 7) is 6.13. The largest absolute Gasteiger partial charge is 0.497 e. The lowest BCUT2D eigenvalue weighted by molar-refractivity contribution is -0.111. The first-order valence-electron chi connectivity index (χ1n) is 11.1. The number of ether oxygens (including phenoxy) is 2. The normalized spacial score (nSPS) is 11.5. The summed E-state index contributed by atoms with van der Waals surface area (Å²) in [6, 6.07) is 13.7. The van der Waals surface area contributed by atoms with E-state index in [0.29, 0.717) is 29.2 Å². The zero-order valence-electron chi connectivity index (χ0n) is 19.9. The molecule has 1 aromatic heterocycles. The molecule has 0 aliphatic heterocycles. The second kappa shape index (κ2) is 10.2. The molecule has 0 bridgehead atoms. The molecule has 7 heteroatoms. The van der Waals surface area contributed by atoms with Gasteiger partial charge in [-0.2, -0.15) is 0 Å². The summed E-state index contributed by atoms with van der Waals surface area (Å²) in [6.07, 6.45) is 3.20. The van der Waals surface area contributed by atoms with E-state index in [-0.39, 0.29) is 10.9 Å². The highest BCUT2D eigenvalue weighted by molar-refractivity contribution is 6.31. The zero-order chi connectivity index (χ0) is 25.1. The molecule has 3 aromatic carbocycles. The third-order valence-electron chi connectivity index (χ3n) is 5.67. The molecule has 0 aliphatic carbocycles. The Morgan fingerprint density at radius 1 is 1.20 bits per heavy atom. The SMILES string of the molecule is CCOc1c(/C(C)=C/C(=O)Nc2ccc(F)c(Cl)c2)cc2c(-c3cccc(OC)c3)coc2c1C. The van der Waals surface area contributed by atoms with Crippen molar-refractivity contribution in [3.05, 3.63) is 82.8 Å². The number of furan rings is 1. The van der Waals surface area contributed by atoms with E-state index in [4.69, 9.17) is 25.5 Å². The third-order valence-corrected chi connectivity index (χ3v) is 5.96. The number of allylic oxidation sites excluding steroid dienone is 1. The smallest absolute Gasteiger partial charge is 0.248 e. The van der Waals surface area contributed by atoms with E-state index < -0.39 is 5.82 Å². The fraction of sp³-hybridized carbons (Fsp3) is 0.179. The fourth-order valence-electron chi connectivity index (χ4n) is 3.98. The Kier molecular flexibility index (Phi) is 7.12. The van der Waals surface area contributed by atoms with Gasteiger partial charge in [0.05, 0.1) is 25.0 Å². The second-order valence-corrected chi connectivity index (χ2v) is 8.42. The van der Waals surface area contributed by atoms with E-state index >= 15 is 0 Å². The van der Waals surface area contributed by atoms with Crippen molar-refractivity contribution < 1.29 is 23.1 Å². The second-order valence-electron chi connectivity index (χ2n) is 8.01. The minimum atomic E-state index is -0.548. The average Bonchev–Trinajstić information content (AvgIpc) is 3.27. The van der Waals surface area contributed by atoms with Crippen LogP contribution < -0.4 is 14.8 Å². The maximum Gasteiger partial charge on any atom is 0.248 e. The summed E-state index contributed by atoms with van der Waals surface area (Å²) < 4.78 is 30.7. The van der Waals surface area contributed by atoms with Gasteiger partial charge in [0.2, 0.25) is 5.91 Å². The molecule has 0 aliphatic rings. The summed E-state index contributed by atoms with van der Waals surface area (Å²) in [7, 11) is 1.63. The van der Waals surface area contributed by atoms with Crippen LogP contribution in [0.5, 0.6) is 11.5 Å². The Morgan fingerprint density at radius 3 is 2.71 bits per heavy atom. The van der Waals surface area contributed by atoms with E-state index in [1.807, 2.05) is 51.1 Å². The number of hydrogen-bond acceptors (Lipinski definition) is 4. The van der Waals surface area contributed by atoms with Crippen molar-refractivity contribution in [2.24, 2.45) is 0 Å². The standard InChI is InChI=1S/C28H25ClFNO4/c1-5-34-27-17(3)28-22(23(15-35-28)18-7-6-8-20(12-18)33-4)14-21(27)16(2)11-26(32)31-19-9-10-25(30)24(29)13-19/h6-15H,5H2,1-4H3,(H,31,32)/b16-11+. The number of halogens is 2. The lowest BCUT2D eigenvalue weighted by atomic mass is 9.96. The molecule has 4 aromatic rings. The van der Waals surface area contributed by atoms with Gasteiger partial charge in [0.15, 0.2) is 0 Å². The molecular weight excluding hydrogens is 469 g/mol. The van der Waals surface area contributed by atoms with Gasteiger partial charge < -0.3 is 19.2 Å². The van der Waals surface area contributed by atoms with Crippen molar-refractivity contribution in [2.45, 2.75) is 20.8 Å². The Balaban J connectivity index is 1.77. The van der Waals surface area contributed by atoms with Crippen LogP contribution in [0.2, 0.25) is 5.02 Å². The van der Waals surface area contributed by atoms with E-state index in [2.05, 4.69) is 5.32 Å². The molecule has 1 amide bonds. The van der Waals surface area contributed by atoms with Gasteiger partial charge in [-0.3, -0.25) is 4.79 Å². The van der Waals surface area contributed by atoms with E-state index in [1.165, 1.54) is 24.3 Å². The molecule has 1 N–H and O–H groups in total. The number of nitrogens with one attached hydrogen (secondary N) is 1. The first-order valence-corrected chi connectivity index (χ1v) is 11.5. The molecule has 180 valence electrons. The zero-order valence-corrected chi connectivity index (χ0v) is 20.6. The van der Waals surface area contributed by atoms with Gasteiger partial charge >= 0.3 is 0 Å². The number of carbonyl (C=O) groups is 1. The molecule has 0 radical (unpaired) electrons. The van der Waals surface area contributed by atoms with Crippen LogP contribution in [0, 0.1) is 12.7 Å². The van der Waals surface area contributed by atoms with Gasteiger partial charge in [0, 0.05) is 33.8 Å². The quantitative estimate of drug-likeness (QED) is 0.268. The van der Waals surface area contributed by atoms with Gasteiger partial charge in [-0.15, -0.1) is 0 Å². The van der Waals surface area contributed by atoms with Crippen LogP contribution in [0.25, 0.3) is 27.7 Å². The Morgan fingerprint density at radius 2 is 2.00 bits per heavy atom. The predicted octanol–water partition coefficient (Wildman–Crippen LogP) is 7.65. The van der Waals surface area contributed by atoms with Crippen molar-refractivity contribution in [3.63, 3.8) is 0 Å². The monoisotopic (exact) mass is 493 g/mol. The lowest BCUT2D eigenvalue weighted by Crippen LogP contribution is -2.09. The highest BCUT2D eigenvalue weighted by Crippen LogP contribution is 2.41. The van der Waals surface area contributed by atoms with Crippen molar-refractivity contribution in [1.82, 2.24) is 0 Å². The number of rotatable bonds is 7. The van der Waals surface area contributed by atoms with Crippen LogP contribution in [0.1, 0.15) is 25.0 Å². The van der Waals surface area contributed by atoms with Gasteiger partial charge in [0.1, 0.15) is 22.9 Å². The molecule has 5 nitrogen and oxygen atoms in total. The highest BCUT2D eigenvalue weighted by Gasteiger charge is 2.19. The minimum Gasteiger partial charge on any atom is -0.497 e. The number of fused-ring (bicyclic) bond motifs is 1. The number of amides is 1. The number of benzene rings is 3. The average molecular weight is 494 g/mol. The summed E-state index contributed by atoms with van der Waals surface area (Å²) in [4.78, 5) is 12.7. The van der Waals surface area contributed by atoms with Crippen LogP contribution in [0.4, 0.5) is 10.1 Å². The summed E-state index contributed by atoms with van der Waals surface area (Å²) in [5, 5.41) is 3.55. The van der Waals surface area contributed by atoms with E-state index in [0.717, 1.165) is 33.4 Å². The molecule has 0 spiro atoms. The molecular formula is C28H25ClFNO4. The van der Waals surface area contributed by atoms with Crippen molar-refractivity contribution in [3.8, 4) is 22.6 Å². The summed E-state index contributed by atoms with van der Waals surface area (Å²) >= 11 is 5.83. The summed E-state index contributed by atoms with van der Waals surface area (Å²) in [5.74, 6) is 0.477. The van der Waals surface area contributed by atoms with Gasteiger partial charge in [0.25, 0.3) is 0 Å². The summed E-state index contributed by atoms with van der Waals surface area (Å²) in [5.41, 5.74) is 5.28. The van der Waals surface area contributed by atoms with Crippen LogP contribution in [0.15, 0.2) is 65.3 Å². The molecule has 0 saturated carbocycles. The van der Waals surface area contributed by atoms with Crippen LogP contribution in [-0.2, 0) is 4.79 Å². The first-order chi connectivity index (χ1) is 16.8. The van der Waals surface area contributed by atoms with Crippen molar-refractivity contribution in [1.29, 1.82) is 0 Å². The lowest BCUT2D eigenvalue weighted by Gasteiger charge is -2.15. The third kappa shape index (κ3) is 5.03. The number of aryl methyl sites for hydroxylation is 1. The molecule has 0 atom stereocenters. The first kappa shape index (κ1) is 24.4. The highest BCUT2D eigenvalue weighted by atomic mass is 35.5. The Bertz CT molecular complexity index is 1440.